The highest BCUT2D eigenvalue weighted by Gasteiger charge is 2.31. The van der Waals surface area contributed by atoms with Crippen LogP contribution < -0.4 is 44.6 Å². The van der Waals surface area contributed by atoms with Gasteiger partial charge in [0.05, 0.1) is 12.5 Å². The van der Waals surface area contributed by atoms with Crippen LogP contribution in [-0.4, -0.2) is 82.4 Å². The molecule has 4 atom stereocenters. The lowest BCUT2D eigenvalue weighted by atomic mass is 10.0. The third-order valence-corrected chi connectivity index (χ3v) is 5.65. The quantitative estimate of drug-likeness (QED) is 0.0453. The van der Waals surface area contributed by atoms with E-state index in [1.165, 1.54) is 24.3 Å². The Morgan fingerprint density at radius 3 is 1.88 bits per heavy atom. The minimum atomic E-state index is -1.55. The average Bonchev–Trinajstić information content (AvgIpc) is 2.88. The Kier molecular flexibility index (Phi) is 14.1. The molecule has 0 aliphatic carbocycles. The zero-order chi connectivity index (χ0) is 31.1. The molecule has 0 spiro atoms. The number of nitrogens with two attached hydrogens (primary N) is 5. The van der Waals surface area contributed by atoms with Crippen LogP contribution in [0.5, 0.6) is 5.75 Å². The molecule has 1 rings (SSSR count). The molecule has 5 amide bonds. The zero-order valence-corrected chi connectivity index (χ0v) is 22.2. The van der Waals surface area contributed by atoms with Crippen molar-refractivity contribution < 1.29 is 39.0 Å². The zero-order valence-electron chi connectivity index (χ0n) is 22.2. The van der Waals surface area contributed by atoms with Crippen molar-refractivity contribution >= 4 is 41.5 Å². The predicted molar refractivity (Wildman–Crippen MR) is 145 cm³/mol. The molecule has 0 aliphatic rings. The summed E-state index contributed by atoms with van der Waals surface area (Å²) in [5.41, 5.74) is 27.0. The first-order valence-electron chi connectivity index (χ1n) is 12.5. The van der Waals surface area contributed by atoms with Crippen molar-refractivity contribution in [2.45, 2.75) is 62.7 Å². The summed E-state index contributed by atoms with van der Waals surface area (Å²) in [4.78, 5) is 76.9. The Hall–Kier alpha value is -4.93. The maximum Gasteiger partial charge on any atom is 0.326 e. The lowest BCUT2D eigenvalue weighted by Crippen LogP contribution is -2.58. The molecule has 17 nitrogen and oxygen atoms in total. The van der Waals surface area contributed by atoms with Gasteiger partial charge in [0.25, 0.3) is 0 Å². The molecular formula is C24H37N9O8. The van der Waals surface area contributed by atoms with Crippen molar-refractivity contribution in [2.75, 3.05) is 6.54 Å². The highest BCUT2D eigenvalue weighted by molar-refractivity contribution is 5.96. The summed E-state index contributed by atoms with van der Waals surface area (Å²) in [6.07, 6.45) is -0.970. The smallest absolute Gasteiger partial charge is 0.326 e. The Labute approximate surface area is 235 Å². The van der Waals surface area contributed by atoms with Crippen LogP contribution in [0.1, 0.15) is 37.7 Å². The summed E-state index contributed by atoms with van der Waals surface area (Å²) in [7, 11) is 0. The first-order chi connectivity index (χ1) is 19.2. The van der Waals surface area contributed by atoms with Gasteiger partial charge in [0.15, 0.2) is 5.96 Å². The molecule has 0 bridgehead atoms. The second kappa shape index (κ2) is 16.9. The number of hydrogen-bond acceptors (Lipinski definition) is 9. The second-order valence-electron chi connectivity index (χ2n) is 9.12. The number of phenols is 1. The lowest BCUT2D eigenvalue weighted by molar-refractivity contribution is -0.142. The van der Waals surface area contributed by atoms with E-state index in [4.69, 9.17) is 28.7 Å². The number of nitrogens with one attached hydrogen (secondary N) is 3. The number of carboxylic acids is 1. The molecule has 0 heterocycles. The van der Waals surface area contributed by atoms with Crippen molar-refractivity contribution in [1.82, 2.24) is 16.0 Å². The molecule has 226 valence electrons. The van der Waals surface area contributed by atoms with E-state index in [9.17, 15) is 39.0 Å². The fourth-order valence-corrected chi connectivity index (χ4v) is 3.50. The third kappa shape index (κ3) is 13.6. The average molecular weight is 580 g/mol. The van der Waals surface area contributed by atoms with Gasteiger partial charge in [0.1, 0.15) is 23.9 Å². The topological polar surface area (TPSA) is 321 Å². The number of rotatable bonds is 18. The van der Waals surface area contributed by atoms with E-state index in [1.54, 1.807) is 0 Å². The highest BCUT2D eigenvalue weighted by atomic mass is 16.4. The van der Waals surface area contributed by atoms with Crippen molar-refractivity contribution in [3.05, 3.63) is 29.8 Å². The number of aliphatic carboxylic acids is 1. The van der Waals surface area contributed by atoms with Gasteiger partial charge < -0.3 is 54.8 Å². The van der Waals surface area contributed by atoms with E-state index in [2.05, 4.69) is 20.9 Å². The number of benzene rings is 1. The highest BCUT2D eigenvalue weighted by Crippen LogP contribution is 2.12. The number of guanidine groups is 1. The number of aromatic hydroxyl groups is 1. The van der Waals surface area contributed by atoms with E-state index < -0.39 is 66.1 Å². The number of phenolic OH excluding ortho intramolecular Hbond substituents is 1. The summed E-state index contributed by atoms with van der Waals surface area (Å²) >= 11 is 0. The minimum absolute atomic E-state index is 0.0404. The normalized spacial score (nSPS) is 13.5. The molecule has 15 N–H and O–H groups in total. The molecule has 1 aromatic carbocycles. The standard InChI is InChI=1S/C24H37N9O8/c25-14(7-8-18(26)35)20(37)32-17(11-19(27)36)22(39)33-16(10-12-3-5-13(34)6-4-12)21(38)31-15(23(40)41)2-1-9-30-24(28)29/h3-6,14-17,34H,1-2,7-11,25H2,(H2,26,35)(H2,27,36)(H,31,38)(H,32,37)(H,33,39)(H,40,41)(H4,28,29,30). The van der Waals surface area contributed by atoms with Crippen molar-refractivity contribution in [1.29, 1.82) is 0 Å². The third-order valence-electron chi connectivity index (χ3n) is 5.65. The molecule has 0 aliphatic heterocycles. The number of carbonyl (C=O) groups is 6. The number of primary amides is 2. The fraction of sp³-hybridized carbons (Fsp3) is 0.458. The largest absolute Gasteiger partial charge is 0.508 e. The van der Waals surface area contributed by atoms with Gasteiger partial charge in [-0.2, -0.15) is 0 Å². The number of carbonyl (C=O) groups excluding carboxylic acids is 5. The molecule has 17 heteroatoms. The monoisotopic (exact) mass is 579 g/mol. The van der Waals surface area contributed by atoms with Gasteiger partial charge in [-0.25, -0.2) is 4.79 Å². The number of amides is 5. The minimum Gasteiger partial charge on any atom is -0.508 e. The summed E-state index contributed by atoms with van der Waals surface area (Å²) in [5.74, 6) is -5.98. The summed E-state index contributed by atoms with van der Waals surface area (Å²) in [6.45, 7) is 0.117. The summed E-state index contributed by atoms with van der Waals surface area (Å²) < 4.78 is 0. The Balaban J connectivity index is 3.13. The van der Waals surface area contributed by atoms with E-state index in [0.717, 1.165) is 0 Å². The van der Waals surface area contributed by atoms with Crippen LogP contribution in [0.3, 0.4) is 0 Å². The van der Waals surface area contributed by atoms with Crippen molar-refractivity contribution in [3.8, 4) is 5.75 Å². The molecule has 0 fully saturated rings. The number of aliphatic imine (C=N–C) groups is 1. The molecule has 4 unspecified atom stereocenters. The summed E-state index contributed by atoms with van der Waals surface area (Å²) in [6, 6.07) is 0.112. The van der Waals surface area contributed by atoms with Gasteiger partial charge in [-0.05, 0) is 37.0 Å². The molecule has 0 radical (unpaired) electrons. The Morgan fingerprint density at radius 1 is 0.780 bits per heavy atom. The van der Waals surface area contributed by atoms with Crippen LogP contribution in [0.4, 0.5) is 0 Å². The van der Waals surface area contributed by atoms with Gasteiger partial charge in [-0.1, -0.05) is 12.1 Å². The van der Waals surface area contributed by atoms with Gasteiger partial charge in [-0.3, -0.25) is 29.0 Å². The van der Waals surface area contributed by atoms with Crippen LogP contribution in [0.2, 0.25) is 0 Å². The molecule has 0 saturated heterocycles. The molecular weight excluding hydrogens is 542 g/mol. The second-order valence-corrected chi connectivity index (χ2v) is 9.12. The number of hydrogen-bond donors (Lipinski definition) is 10. The predicted octanol–water partition coefficient (Wildman–Crippen LogP) is -4.00. The van der Waals surface area contributed by atoms with E-state index in [1.807, 2.05) is 0 Å². The Bertz CT molecular complexity index is 1120. The Morgan fingerprint density at radius 2 is 1.34 bits per heavy atom. The van der Waals surface area contributed by atoms with Crippen LogP contribution in [0.15, 0.2) is 29.3 Å². The van der Waals surface area contributed by atoms with Gasteiger partial charge >= 0.3 is 5.97 Å². The lowest BCUT2D eigenvalue weighted by Gasteiger charge is -2.25. The maximum atomic E-state index is 13.2. The van der Waals surface area contributed by atoms with Gasteiger partial charge in [0, 0.05) is 19.4 Å². The molecule has 0 aromatic heterocycles. The first-order valence-corrected chi connectivity index (χ1v) is 12.5. The number of carboxylic acid groups (broad SMARTS) is 1. The van der Waals surface area contributed by atoms with Crippen LogP contribution in [-0.2, 0) is 35.2 Å². The van der Waals surface area contributed by atoms with E-state index in [0.29, 0.717) is 5.56 Å². The van der Waals surface area contributed by atoms with Crippen LogP contribution in [0.25, 0.3) is 0 Å². The van der Waals surface area contributed by atoms with E-state index >= 15 is 0 Å². The first kappa shape index (κ1) is 34.1. The fourth-order valence-electron chi connectivity index (χ4n) is 3.50. The van der Waals surface area contributed by atoms with Gasteiger partial charge in [0.2, 0.25) is 29.5 Å². The molecule has 0 saturated carbocycles. The van der Waals surface area contributed by atoms with Gasteiger partial charge in [-0.15, -0.1) is 0 Å². The van der Waals surface area contributed by atoms with E-state index in [-0.39, 0.29) is 50.4 Å². The molecule has 1 aromatic rings. The number of nitrogens with zero attached hydrogens (tertiary/aromatic N) is 1. The summed E-state index contributed by atoms with van der Waals surface area (Å²) in [5, 5.41) is 26.2. The SMILES string of the molecule is NC(=O)CCC(N)C(=O)NC(CC(N)=O)C(=O)NC(Cc1ccc(O)cc1)C(=O)NC(CCCN=C(N)N)C(=O)O. The maximum absolute atomic E-state index is 13.2. The van der Waals surface area contributed by atoms with Crippen molar-refractivity contribution in [3.63, 3.8) is 0 Å². The molecule has 41 heavy (non-hydrogen) atoms. The van der Waals surface area contributed by atoms with Crippen LogP contribution >= 0.6 is 0 Å². The van der Waals surface area contributed by atoms with Crippen LogP contribution in [0, 0.1) is 0 Å². The van der Waals surface area contributed by atoms with Crippen molar-refractivity contribution in [2.24, 2.45) is 33.7 Å².